The van der Waals surface area contributed by atoms with Gasteiger partial charge in [0.25, 0.3) is 5.91 Å². The van der Waals surface area contributed by atoms with Crippen molar-refractivity contribution in [1.29, 1.82) is 0 Å². The average molecular weight is 418 g/mol. The molecule has 0 aliphatic carbocycles. The lowest BCUT2D eigenvalue weighted by Crippen LogP contribution is -2.33. The third-order valence-electron chi connectivity index (χ3n) is 4.71. The Morgan fingerprint density at radius 2 is 1.80 bits per heavy atom. The van der Waals surface area contributed by atoms with Gasteiger partial charge < -0.3 is 19.7 Å². The van der Waals surface area contributed by atoms with E-state index < -0.39 is 41.2 Å². The molecular formula is C21H20F2N2O5. The molecule has 7 nitrogen and oxygen atoms in total. The highest BCUT2D eigenvalue weighted by molar-refractivity contribution is 6.01. The topological polar surface area (TPSA) is 84.9 Å². The number of anilines is 2. The van der Waals surface area contributed by atoms with E-state index in [2.05, 4.69) is 5.32 Å². The van der Waals surface area contributed by atoms with Gasteiger partial charge in [-0.15, -0.1) is 0 Å². The van der Waals surface area contributed by atoms with Crippen molar-refractivity contribution in [1.82, 2.24) is 0 Å². The first kappa shape index (κ1) is 21.2. The Kier molecular flexibility index (Phi) is 6.29. The number of ether oxygens (including phenoxy) is 2. The highest BCUT2D eigenvalue weighted by atomic mass is 19.1. The molecule has 1 aliphatic rings. The van der Waals surface area contributed by atoms with Gasteiger partial charge in [-0.3, -0.25) is 14.4 Å². The molecule has 2 aromatic rings. The quantitative estimate of drug-likeness (QED) is 0.730. The zero-order valence-corrected chi connectivity index (χ0v) is 16.4. The van der Waals surface area contributed by atoms with Crippen LogP contribution in [0.1, 0.15) is 13.3 Å². The fraction of sp³-hybridized carbons (Fsp3) is 0.286. The number of rotatable bonds is 6. The van der Waals surface area contributed by atoms with Crippen LogP contribution in [0, 0.1) is 17.6 Å². The van der Waals surface area contributed by atoms with E-state index in [1.165, 1.54) is 18.9 Å². The molecule has 30 heavy (non-hydrogen) atoms. The van der Waals surface area contributed by atoms with Gasteiger partial charge in [-0.25, -0.2) is 8.78 Å². The van der Waals surface area contributed by atoms with E-state index in [4.69, 9.17) is 9.47 Å². The van der Waals surface area contributed by atoms with Crippen LogP contribution in [0.5, 0.6) is 5.75 Å². The maximum Gasteiger partial charge on any atom is 0.312 e. The predicted molar refractivity (Wildman–Crippen MR) is 104 cm³/mol. The molecule has 0 bridgehead atoms. The molecule has 0 saturated carbocycles. The number of hydrogen-bond donors (Lipinski definition) is 1. The van der Waals surface area contributed by atoms with Crippen LogP contribution in [0.15, 0.2) is 42.5 Å². The Balaban J connectivity index is 1.63. The SMILES string of the molecule is COc1ccccc1N1C[C@H](C(=O)O[C@H](C)C(=O)Nc2c(F)cccc2F)CC1=O. The van der Waals surface area contributed by atoms with Crippen molar-refractivity contribution < 1.29 is 32.6 Å². The Morgan fingerprint density at radius 1 is 1.13 bits per heavy atom. The summed E-state index contributed by atoms with van der Waals surface area (Å²) in [7, 11) is 1.48. The van der Waals surface area contributed by atoms with Crippen LogP contribution >= 0.6 is 0 Å². The highest BCUT2D eigenvalue weighted by Gasteiger charge is 2.38. The molecule has 0 radical (unpaired) electrons. The van der Waals surface area contributed by atoms with Crippen LogP contribution in [-0.4, -0.2) is 37.5 Å². The van der Waals surface area contributed by atoms with E-state index in [0.717, 1.165) is 18.2 Å². The molecule has 3 rings (SSSR count). The van der Waals surface area contributed by atoms with Crippen LogP contribution in [0.25, 0.3) is 0 Å². The lowest BCUT2D eigenvalue weighted by atomic mass is 10.1. The van der Waals surface area contributed by atoms with Gasteiger partial charge in [-0.1, -0.05) is 18.2 Å². The summed E-state index contributed by atoms with van der Waals surface area (Å²) in [6.45, 7) is 1.34. The van der Waals surface area contributed by atoms with Crippen molar-refractivity contribution in [3.63, 3.8) is 0 Å². The number of carbonyl (C=O) groups is 3. The zero-order chi connectivity index (χ0) is 21.8. The molecule has 2 atom stereocenters. The summed E-state index contributed by atoms with van der Waals surface area (Å²) in [6, 6.07) is 10.0. The Labute approximate surface area is 171 Å². The molecule has 1 saturated heterocycles. The largest absolute Gasteiger partial charge is 0.495 e. The van der Waals surface area contributed by atoms with Gasteiger partial charge >= 0.3 is 5.97 Å². The number of halogens is 2. The average Bonchev–Trinajstić information content (AvgIpc) is 3.12. The maximum atomic E-state index is 13.7. The number of nitrogens with one attached hydrogen (secondary N) is 1. The minimum absolute atomic E-state index is 0.0638. The molecule has 2 aromatic carbocycles. The van der Waals surface area contributed by atoms with E-state index in [1.54, 1.807) is 24.3 Å². The van der Waals surface area contributed by atoms with Crippen molar-refractivity contribution in [2.24, 2.45) is 5.92 Å². The minimum atomic E-state index is -1.31. The Bertz CT molecular complexity index is 961. The smallest absolute Gasteiger partial charge is 0.312 e. The van der Waals surface area contributed by atoms with E-state index in [1.807, 2.05) is 0 Å². The molecular weight excluding hydrogens is 398 g/mol. The zero-order valence-electron chi connectivity index (χ0n) is 16.4. The summed E-state index contributed by atoms with van der Waals surface area (Å²) in [5.74, 6) is -4.13. The van der Waals surface area contributed by atoms with Crippen LogP contribution in [-0.2, 0) is 19.1 Å². The van der Waals surface area contributed by atoms with Gasteiger partial charge in [0.2, 0.25) is 5.91 Å². The van der Waals surface area contributed by atoms with Gasteiger partial charge in [0, 0.05) is 13.0 Å². The van der Waals surface area contributed by atoms with Crippen LogP contribution in [0.2, 0.25) is 0 Å². The van der Waals surface area contributed by atoms with Crippen molar-refractivity contribution in [3.05, 3.63) is 54.1 Å². The summed E-state index contributed by atoms with van der Waals surface area (Å²) in [5.41, 5.74) is -0.0927. The minimum Gasteiger partial charge on any atom is -0.495 e. The van der Waals surface area contributed by atoms with Crippen molar-refractivity contribution in [3.8, 4) is 5.75 Å². The Hall–Kier alpha value is -3.49. The normalized spacial score (nSPS) is 16.9. The van der Waals surface area contributed by atoms with E-state index in [0.29, 0.717) is 11.4 Å². The molecule has 1 fully saturated rings. The van der Waals surface area contributed by atoms with E-state index >= 15 is 0 Å². The van der Waals surface area contributed by atoms with Crippen molar-refractivity contribution in [2.45, 2.75) is 19.4 Å². The summed E-state index contributed by atoms with van der Waals surface area (Å²) < 4.78 is 37.7. The first-order valence-corrected chi connectivity index (χ1v) is 9.20. The third-order valence-corrected chi connectivity index (χ3v) is 4.71. The summed E-state index contributed by atoms with van der Waals surface area (Å²) >= 11 is 0. The fourth-order valence-electron chi connectivity index (χ4n) is 3.12. The highest BCUT2D eigenvalue weighted by Crippen LogP contribution is 2.33. The molecule has 1 aliphatic heterocycles. The van der Waals surface area contributed by atoms with Gasteiger partial charge in [0.15, 0.2) is 6.10 Å². The third kappa shape index (κ3) is 4.40. The maximum absolute atomic E-state index is 13.7. The van der Waals surface area contributed by atoms with Gasteiger partial charge in [0.05, 0.1) is 18.7 Å². The van der Waals surface area contributed by atoms with Gasteiger partial charge in [-0.2, -0.15) is 0 Å². The second-order valence-corrected chi connectivity index (χ2v) is 6.74. The lowest BCUT2D eigenvalue weighted by molar-refractivity contribution is -0.157. The lowest BCUT2D eigenvalue weighted by Gasteiger charge is -2.20. The number of hydrogen-bond acceptors (Lipinski definition) is 5. The fourth-order valence-corrected chi connectivity index (χ4v) is 3.12. The number of amides is 2. The molecule has 0 aromatic heterocycles. The van der Waals surface area contributed by atoms with Crippen molar-refractivity contribution >= 4 is 29.2 Å². The summed E-state index contributed by atoms with van der Waals surface area (Å²) in [5, 5.41) is 2.07. The first-order chi connectivity index (χ1) is 14.3. The first-order valence-electron chi connectivity index (χ1n) is 9.20. The monoisotopic (exact) mass is 418 g/mol. The number of nitrogens with zero attached hydrogens (tertiary/aromatic N) is 1. The summed E-state index contributed by atoms with van der Waals surface area (Å²) in [6.07, 6.45) is -1.40. The molecule has 158 valence electrons. The number of benzene rings is 2. The molecule has 0 spiro atoms. The van der Waals surface area contributed by atoms with Crippen LogP contribution in [0.4, 0.5) is 20.2 Å². The number of esters is 1. The molecule has 1 heterocycles. The molecule has 1 N–H and O–H groups in total. The second-order valence-electron chi connectivity index (χ2n) is 6.74. The molecule has 9 heteroatoms. The predicted octanol–water partition coefficient (Wildman–Crippen LogP) is 2.90. The van der Waals surface area contributed by atoms with Crippen molar-refractivity contribution in [2.75, 3.05) is 23.9 Å². The Morgan fingerprint density at radius 3 is 2.47 bits per heavy atom. The number of methoxy groups -OCH3 is 1. The summed E-state index contributed by atoms with van der Waals surface area (Å²) in [4.78, 5) is 38.5. The van der Waals surface area contributed by atoms with Gasteiger partial charge in [0.1, 0.15) is 23.1 Å². The van der Waals surface area contributed by atoms with E-state index in [-0.39, 0.29) is 18.9 Å². The van der Waals surface area contributed by atoms with Crippen LogP contribution in [0.3, 0.4) is 0 Å². The van der Waals surface area contributed by atoms with Crippen LogP contribution < -0.4 is 15.0 Å². The molecule has 2 amide bonds. The second kappa shape index (κ2) is 8.89. The van der Waals surface area contributed by atoms with Gasteiger partial charge in [-0.05, 0) is 31.2 Å². The molecule has 0 unspecified atom stereocenters. The van der Waals surface area contributed by atoms with E-state index in [9.17, 15) is 23.2 Å². The number of para-hydroxylation sites is 3. The standard InChI is InChI=1S/C21H20F2N2O5/c1-12(20(27)24-19-14(22)6-5-7-15(19)23)30-21(28)13-10-18(26)25(11-13)16-8-3-4-9-17(16)29-2/h3-9,12-13H,10-11H2,1-2H3,(H,24,27)/t12-,13-/m1/s1. The number of carbonyl (C=O) groups excluding carboxylic acids is 3.